The lowest BCUT2D eigenvalue weighted by Crippen LogP contribution is -2.38. The SMILES string of the molecule is C[C@@H](C1CCCCC1)N(C)Cc1cc(P(CCP(c2cc(CN(C)[C@@H](C)C3CCCCC3)nc(CN(C)[C@@H](C)C3CCCCC3)c2)c2cc(CN(C)[C@@H](C)C3CCCCC3)nc(CN(C)[C@@H](C)C3CCCCC3)c2)c2cc(CN(C)[C@@H](C)C3CCCCC3)nc(CN(C)[C@@H](C)C3CCCCC3)c2)cc(CN(C)[C@@H](C)C2CCCCC2)n1. The molecule has 4 heterocycles. The first-order valence-electron chi connectivity index (χ1n) is 49.3. The normalized spacial score (nSPS) is 22.2. The number of hydrogen-bond acceptors (Lipinski definition) is 12. The number of pyridine rings is 4. The highest BCUT2D eigenvalue weighted by atomic mass is 31.1. The number of nitrogens with zero attached hydrogens (tertiary/aromatic N) is 12. The molecule has 8 atom stereocenters. The second-order valence-electron chi connectivity index (χ2n) is 41.0. The second kappa shape index (κ2) is 46.2. The summed E-state index contributed by atoms with van der Waals surface area (Å²) in [4.78, 5) is 45.6. The molecular weight excluding hydrogens is 1460 g/mol. The molecule has 12 rings (SSSR count). The van der Waals surface area contributed by atoms with Crippen LogP contribution in [-0.2, 0) is 52.4 Å². The third-order valence-electron chi connectivity index (χ3n) is 33.0. The van der Waals surface area contributed by atoms with Crippen LogP contribution in [0.25, 0.3) is 0 Å². The largest absolute Gasteiger partial charge is 0.298 e. The fraction of sp³-hybridized carbons (Fsp3) is 0.804. The van der Waals surface area contributed by atoms with E-state index >= 15 is 0 Å². The number of hydrogen-bond donors (Lipinski definition) is 0. The Bertz CT molecular complexity index is 2850. The summed E-state index contributed by atoms with van der Waals surface area (Å²) in [7, 11) is 17.6. The van der Waals surface area contributed by atoms with Crippen LogP contribution < -0.4 is 21.2 Å². The molecule has 0 amide bonds. The maximum Gasteiger partial charge on any atom is 0.0554 e. The van der Waals surface area contributed by atoms with Crippen molar-refractivity contribution in [3.63, 3.8) is 0 Å². The van der Waals surface area contributed by atoms with Gasteiger partial charge in [-0.2, -0.15) is 0 Å². The molecule has 116 heavy (non-hydrogen) atoms. The Morgan fingerprint density at radius 2 is 0.319 bits per heavy atom. The predicted octanol–water partition coefficient (Wildman–Crippen LogP) is 22.0. The molecule has 8 saturated carbocycles. The minimum atomic E-state index is -0.992. The van der Waals surface area contributed by atoms with Crippen molar-refractivity contribution in [1.82, 2.24) is 59.1 Å². The van der Waals surface area contributed by atoms with Crippen molar-refractivity contribution in [2.75, 3.05) is 68.7 Å². The van der Waals surface area contributed by atoms with E-state index in [0.717, 1.165) is 112 Å². The van der Waals surface area contributed by atoms with Gasteiger partial charge >= 0.3 is 0 Å². The molecule has 0 aromatic carbocycles. The highest BCUT2D eigenvalue weighted by Crippen LogP contribution is 2.45. The summed E-state index contributed by atoms with van der Waals surface area (Å²) in [6, 6.07) is 25.5. The zero-order valence-electron chi connectivity index (χ0n) is 77.5. The molecule has 14 heteroatoms. The smallest absolute Gasteiger partial charge is 0.0554 e. The van der Waals surface area contributed by atoms with E-state index in [2.05, 4.69) is 200 Å². The summed E-state index contributed by atoms with van der Waals surface area (Å²) in [5.74, 6) is 5.84. The Morgan fingerprint density at radius 1 is 0.207 bits per heavy atom. The van der Waals surface area contributed by atoms with Gasteiger partial charge in [0, 0.05) is 101 Å². The first-order chi connectivity index (χ1) is 56.1. The van der Waals surface area contributed by atoms with Crippen molar-refractivity contribution < 1.29 is 0 Å². The van der Waals surface area contributed by atoms with Gasteiger partial charge in [-0.15, -0.1) is 0 Å². The van der Waals surface area contributed by atoms with Crippen molar-refractivity contribution in [3.05, 3.63) is 94.1 Å². The molecule has 8 aliphatic carbocycles. The molecule has 4 aromatic heterocycles. The Labute approximate surface area is 714 Å². The van der Waals surface area contributed by atoms with Gasteiger partial charge in [-0.3, -0.25) is 59.1 Å². The van der Waals surface area contributed by atoms with Gasteiger partial charge in [-0.05, 0) is 360 Å². The van der Waals surface area contributed by atoms with E-state index in [1.807, 2.05) is 0 Å². The maximum atomic E-state index is 5.95. The molecule has 8 fully saturated rings. The lowest BCUT2D eigenvalue weighted by molar-refractivity contribution is 0.147. The highest BCUT2D eigenvalue weighted by molar-refractivity contribution is 7.76. The van der Waals surface area contributed by atoms with E-state index in [-0.39, 0.29) is 0 Å². The third kappa shape index (κ3) is 26.4. The van der Waals surface area contributed by atoms with E-state index in [0.29, 0.717) is 48.3 Å². The van der Waals surface area contributed by atoms with E-state index in [1.54, 1.807) is 0 Å². The van der Waals surface area contributed by atoms with Gasteiger partial charge in [-0.1, -0.05) is 154 Å². The molecule has 0 spiro atoms. The van der Waals surface area contributed by atoms with E-state index < -0.39 is 15.8 Å². The maximum absolute atomic E-state index is 5.95. The van der Waals surface area contributed by atoms with Gasteiger partial charge in [0.1, 0.15) is 0 Å². The Kier molecular flexibility index (Phi) is 36.8. The molecule has 4 aromatic rings. The summed E-state index contributed by atoms with van der Waals surface area (Å²) in [5, 5.41) is 6.07. The van der Waals surface area contributed by atoms with Gasteiger partial charge in [0.15, 0.2) is 0 Å². The summed E-state index contributed by atoms with van der Waals surface area (Å²) >= 11 is 0. The Morgan fingerprint density at radius 3 is 0.431 bits per heavy atom. The number of aromatic nitrogens is 4. The topological polar surface area (TPSA) is 77.5 Å². The summed E-state index contributed by atoms with van der Waals surface area (Å²) in [5.41, 5.74) is 10.1. The molecule has 0 N–H and O–H groups in total. The van der Waals surface area contributed by atoms with Crippen LogP contribution in [0.4, 0.5) is 0 Å². The molecule has 0 aliphatic heterocycles. The average molecular weight is 1630 g/mol. The summed E-state index contributed by atoms with van der Waals surface area (Å²) in [6.45, 7) is 27.3. The van der Waals surface area contributed by atoms with Crippen LogP contribution in [0.1, 0.15) is 358 Å². The molecule has 0 unspecified atom stereocenters. The Balaban J connectivity index is 1.05. The zero-order chi connectivity index (χ0) is 81.8. The van der Waals surface area contributed by atoms with Crippen LogP contribution in [0.2, 0.25) is 0 Å². The molecule has 0 radical (unpaired) electrons. The highest BCUT2D eigenvalue weighted by Gasteiger charge is 2.35. The third-order valence-corrected chi connectivity index (χ3v) is 38.2. The molecule has 8 aliphatic rings. The van der Waals surface area contributed by atoms with Crippen LogP contribution in [0, 0.1) is 47.3 Å². The zero-order valence-corrected chi connectivity index (χ0v) is 79.3. The van der Waals surface area contributed by atoms with Crippen molar-refractivity contribution >= 4 is 37.1 Å². The molecular formula is C102H172N12P2. The fourth-order valence-corrected chi connectivity index (χ4v) is 29.5. The van der Waals surface area contributed by atoms with Crippen LogP contribution in [-0.4, -0.2) is 176 Å². The van der Waals surface area contributed by atoms with Gasteiger partial charge in [0.2, 0.25) is 0 Å². The van der Waals surface area contributed by atoms with E-state index in [9.17, 15) is 0 Å². The van der Waals surface area contributed by atoms with Crippen molar-refractivity contribution in [3.8, 4) is 0 Å². The van der Waals surface area contributed by atoms with Crippen molar-refractivity contribution in [1.29, 1.82) is 0 Å². The van der Waals surface area contributed by atoms with Gasteiger partial charge in [0.05, 0.1) is 45.6 Å². The van der Waals surface area contributed by atoms with Crippen LogP contribution in [0.15, 0.2) is 48.5 Å². The minimum Gasteiger partial charge on any atom is -0.298 e. The minimum absolute atomic E-state index is 0.496. The molecule has 0 bridgehead atoms. The lowest BCUT2D eigenvalue weighted by atomic mass is 9.84. The first-order valence-corrected chi connectivity index (χ1v) is 52.3. The van der Waals surface area contributed by atoms with Gasteiger partial charge in [-0.25, -0.2) is 0 Å². The van der Waals surface area contributed by atoms with Crippen molar-refractivity contribution in [2.45, 2.75) is 413 Å². The second-order valence-corrected chi connectivity index (χ2v) is 45.6. The lowest BCUT2D eigenvalue weighted by Gasteiger charge is -2.36. The monoisotopic (exact) mass is 1630 g/mol. The summed E-state index contributed by atoms with van der Waals surface area (Å²) < 4.78 is 0. The van der Waals surface area contributed by atoms with E-state index in [4.69, 9.17) is 19.9 Å². The summed E-state index contributed by atoms with van der Waals surface area (Å²) in [6.07, 6.45) is 56.6. The molecule has 650 valence electrons. The van der Waals surface area contributed by atoms with Crippen LogP contribution in [0.3, 0.4) is 0 Å². The van der Waals surface area contributed by atoms with Gasteiger partial charge < -0.3 is 0 Å². The average Bonchev–Trinajstić information content (AvgIpc) is 0.787. The number of rotatable bonds is 39. The van der Waals surface area contributed by atoms with Crippen LogP contribution in [0.5, 0.6) is 0 Å². The van der Waals surface area contributed by atoms with E-state index in [1.165, 1.54) is 324 Å². The fourth-order valence-electron chi connectivity index (χ4n) is 23.8. The quantitative estimate of drug-likeness (QED) is 0.0399. The van der Waals surface area contributed by atoms with Crippen LogP contribution >= 0.6 is 15.8 Å². The predicted molar refractivity (Wildman–Crippen MR) is 499 cm³/mol. The van der Waals surface area contributed by atoms with Crippen molar-refractivity contribution in [2.24, 2.45) is 47.3 Å². The standard InChI is InChI=1S/C102H172N12P2/c1-75(83-41-25-17-26-42-83)107(9)67-91-59-99(60-92(103-91)68-108(10)76(2)84-43-27-18-28-44-84)115(100-61-93(69-109(11)77(3)85-45-29-19-30-46-85)104-94(62-100)70-110(12)78(4)86-47-31-20-32-48-86)57-58-116(101-63-95(71-111(13)79(5)87-49-33-21-34-50-87)105-96(64-101)72-112(14)80(6)88-51-35-22-36-52-88)102-65-97(73-113(15)81(7)89-53-37-23-38-54-89)106-98(66-102)74-114(16)82(8)90-55-39-24-40-56-90/h59-66,75-90H,17-58,67-74H2,1-16H3/t75-,76-,77-,78-,79-,80-,81-,82-/m0/s1. The first kappa shape index (κ1) is 92.3. The molecule has 0 saturated heterocycles. The molecule has 12 nitrogen and oxygen atoms in total. The Hall–Kier alpha value is -2.86. The van der Waals surface area contributed by atoms with Gasteiger partial charge in [0.25, 0.3) is 0 Å².